The highest BCUT2D eigenvalue weighted by molar-refractivity contribution is 5.88. The van der Waals surface area contributed by atoms with Crippen LogP contribution in [0, 0.1) is 35.5 Å². The molecule has 3 fully saturated rings. The van der Waals surface area contributed by atoms with Crippen molar-refractivity contribution in [2.45, 2.75) is 132 Å². The van der Waals surface area contributed by atoms with Gasteiger partial charge in [0.15, 0.2) is 0 Å². The smallest absolute Gasteiger partial charge is 0.0517 e. The summed E-state index contributed by atoms with van der Waals surface area (Å²) >= 11 is 0. The molecule has 3 aromatic carbocycles. The van der Waals surface area contributed by atoms with Gasteiger partial charge < -0.3 is 9.80 Å². The van der Waals surface area contributed by atoms with E-state index in [0.29, 0.717) is 59.7 Å². The molecule has 2 nitrogen and oxygen atoms in total. The van der Waals surface area contributed by atoms with Crippen LogP contribution in [0.15, 0.2) is 163 Å². The minimum atomic E-state index is 0.0181. The van der Waals surface area contributed by atoms with E-state index in [9.17, 15) is 0 Å². The van der Waals surface area contributed by atoms with E-state index >= 15 is 0 Å². The van der Waals surface area contributed by atoms with E-state index < -0.39 is 0 Å². The summed E-state index contributed by atoms with van der Waals surface area (Å²) in [5.41, 5.74) is 16.2. The average molecular weight is 827 g/mol. The number of hydrogen-bond donors (Lipinski definition) is 0. The monoisotopic (exact) mass is 827 g/mol. The molecule has 0 aromatic heterocycles. The van der Waals surface area contributed by atoms with E-state index in [4.69, 9.17) is 0 Å². The zero-order valence-electron chi connectivity index (χ0n) is 37.3. The number of allylic oxidation sites excluding steroid dienone is 11. The normalized spacial score (nSPS) is 35.6. The van der Waals surface area contributed by atoms with Gasteiger partial charge in [-0.05, 0) is 164 Å². The summed E-state index contributed by atoms with van der Waals surface area (Å²) in [6, 6.07) is 32.6. The van der Waals surface area contributed by atoms with Gasteiger partial charge in [0.25, 0.3) is 0 Å². The molecular formula is C61H66N2. The van der Waals surface area contributed by atoms with Crippen LogP contribution in [-0.2, 0) is 11.8 Å². The summed E-state index contributed by atoms with van der Waals surface area (Å²) in [7, 11) is 0. The predicted octanol–water partition coefficient (Wildman–Crippen LogP) is 14.3. The molecule has 11 unspecified atom stereocenters. The number of para-hydroxylation sites is 1. The first-order valence-electron chi connectivity index (χ1n) is 25.6. The maximum atomic E-state index is 3.11. The third-order valence-corrected chi connectivity index (χ3v) is 18.6. The Morgan fingerprint density at radius 2 is 1.46 bits per heavy atom. The Labute approximate surface area is 377 Å². The number of benzene rings is 3. The maximum absolute atomic E-state index is 3.11. The Balaban J connectivity index is 0.916. The van der Waals surface area contributed by atoms with Crippen molar-refractivity contribution in [3.63, 3.8) is 0 Å². The van der Waals surface area contributed by atoms with Crippen molar-refractivity contribution in [3.05, 3.63) is 185 Å². The molecule has 0 aliphatic heterocycles. The molecule has 0 saturated heterocycles. The van der Waals surface area contributed by atoms with Crippen molar-refractivity contribution in [2.75, 3.05) is 4.90 Å². The Kier molecular flexibility index (Phi) is 9.63. The molecule has 11 atom stereocenters. The minimum absolute atomic E-state index is 0.0181. The highest BCUT2D eigenvalue weighted by Gasteiger charge is 2.66. The molecule has 63 heavy (non-hydrogen) atoms. The number of aryl methyl sites for hydroxylation is 1. The third kappa shape index (κ3) is 6.01. The van der Waals surface area contributed by atoms with Crippen molar-refractivity contribution in [2.24, 2.45) is 35.5 Å². The summed E-state index contributed by atoms with van der Waals surface area (Å²) in [6.07, 6.45) is 48.8. The van der Waals surface area contributed by atoms with E-state index in [1.807, 2.05) is 0 Å². The lowest BCUT2D eigenvalue weighted by molar-refractivity contribution is 0.0815. The van der Waals surface area contributed by atoms with Crippen LogP contribution in [0.25, 0.3) is 11.1 Å². The second-order valence-electron chi connectivity index (χ2n) is 21.2. The van der Waals surface area contributed by atoms with Crippen molar-refractivity contribution in [1.29, 1.82) is 0 Å². The van der Waals surface area contributed by atoms with Crippen LogP contribution in [0.3, 0.4) is 0 Å². The lowest BCUT2D eigenvalue weighted by atomic mass is 9.59. The largest absolute Gasteiger partial charge is 0.365 e. The van der Waals surface area contributed by atoms with Crippen LogP contribution in [0.5, 0.6) is 0 Å². The number of rotatable bonds is 6. The van der Waals surface area contributed by atoms with E-state index in [0.717, 1.165) is 12.8 Å². The molecule has 3 aromatic rings. The van der Waals surface area contributed by atoms with Gasteiger partial charge in [-0.15, -0.1) is 0 Å². The fraction of sp³-hybridized carbons (Fsp3) is 0.443. The van der Waals surface area contributed by atoms with Crippen LogP contribution in [-0.4, -0.2) is 29.1 Å². The first kappa shape index (κ1) is 38.6. The number of nitrogens with zero attached hydrogens (tertiary/aromatic N) is 2. The van der Waals surface area contributed by atoms with Crippen LogP contribution in [0.2, 0.25) is 0 Å². The van der Waals surface area contributed by atoms with Crippen molar-refractivity contribution in [1.82, 2.24) is 4.90 Å². The number of hydrogen-bond acceptors (Lipinski definition) is 2. The molecule has 10 aliphatic rings. The zero-order valence-corrected chi connectivity index (χ0v) is 37.3. The van der Waals surface area contributed by atoms with Gasteiger partial charge in [0.05, 0.1) is 6.04 Å². The number of fused-ring (bicyclic) bond motifs is 12. The Hall–Kier alpha value is -4.82. The predicted molar refractivity (Wildman–Crippen MR) is 262 cm³/mol. The van der Waals surface area contributed by atoms with Gasteiger partial charge in [-0.25, -0.2) is 0 Å². The van der Waals surface area contributed by atoms with Gasteiger partial charge >= 0.3 is 0 Å². The van der Waals surface area contributed by atoms with Crippen LogP contribution >= 0.6 is 0 Å². The van der Waals surface area contributed by atoms with Crippen molar-refractivity contribution < 1.29 is 0 Å². The quantitative estimate of drug-likeness (QED) is 0.228. The molecule has 10 aliphatic carbocycles. The maximum Gasteiger partial charge on any atom is 0.0517 e. The lowest BCUT2D eigenvalue weighted by Gasteiger charge is -2.51. The van der Waals surface area contributed by atoms with Gasteiger partial charge in [-0.1, -0.05) is 152 Å². The first-order chi connectivity index (χ1) is 31.3. The fourth-order valence-corrected chi connectivity index (χ4v) is 16.3. The first-order valence-corrected chi connectivity index (χ1v) is 25.6. The average Bonchev–Trinajstić information content (AvgIpc) is 3.82. The number of anilines is 1. The molecule has 0 radical (unpaired) electrons. The summed E-state index contributed by atoms with van der Waals surface area (Å²) in [5.74, 6) is 3.63. The van der Waals surface area contributed by atoms with Gasteiger partial charge in [0.1, 0.15) is 0 Å². The van der Waals surface area contributed by atoms with Gasteiger partial charge in [0.2, 0.25) is 0 Å². The minimum Gasteiger partial charge on any atom is -0.365 e. The van der Waals surface area contributed by atoms with Crippen LogP contribution < -0.4 is 4.90 Å². The van der Waals surface area contributed by atoms with Crippen LogP contribution in [0.4, 0.5) is 5.69 Å². The van der Waals surface area contributed by atoms with E-state index in [-0.39, 0.29) is 5.41 Å². The molecule has 3 saturated carbocycles. The summed E-state index contributed by atoms with van der Waals surface area (Å²) in [5, 5.41) is 0. The fourth-order valence-electron chi connectivity index (χ4n) is 16.3. The molecule has 0 amide bonds. The Morgan fingerprint density at radius 3 is 2.38 bits per heavy atom. The zero-order chi connectivity index (χ0) is 41.5. The highest BCUT2D eigenvalue weighted by Crippen LogP contribution is 2.71. The molecule has 0 heterocycles. The molecule has 1 spiro atoms. The standard InChI is InChI=1S/C61H66N2/c1-3-20-44(21-4-1)62(46-36-35-43-34-33-42-18-7-9-24-48(42)53(43)39-46)47-37-38-51-50-26-11-13-28-54(50)61(57(51)40-47)55-29-14-12-27-52(55)60-56(61)30-16-32-59(60)63(45-22-5-2-6-23-45)58-31-15-19-41-17-8-10-25-49(41)58/h1,3-5,7-11,13,16-18,20-22,24-26,28,30,32,37-38,41,45-47,49,52,55-56,58,60H,2,6,12,14-15,19,23,27,29,31,33-36,39-40H2. The highest BCUT2D eigenvalue weighted by atomic mass is 15.2. The lowest BCUT2D eigenvalue weighted by Crippen LogP contribution is -2.51. The van der Waals surface area contributed by atoms with Crippen molar-refractivity contribution >= 4 is 16.8 Å². The second-order valence-corrected chi connectivity index (χ2v) is 21.2. The molecule has 0 N–H and O–H groups in total. The molecule has 13 rings (SSSR count). The van der Waals surface area contributed by atoms with Gasteiger partial charge in [-0.3, -0.25) is 0 Å². The second kappa shape index (κ2) is 15.7. The van der Waals surface area contributed by atoms with Crippen LogP contribution in [0.1, 0.15) is 119 Å². The summed E-state index contributed by atoms with van der Waals surface area (Å²) < 4.78 is 0. The van der Waals surface area contributed by atoms with Crippen molar-refractivity contribution in [3.8, 4) is 0 Å². The molecule has 2 heteroatoms. The molecule has 0 bridgehead atoms. The molecular weight excluding hydrogens is 761 g/mol. The van der Waals surface area contributed by atoms with E-state index in [2.05, 4.69) is 155 Å². The topological polar surface area (TPSA) is 6.48 Å². The third-order valence-electron chi connectivity index (χ3n) is 18.6. The SMILES string of the molecule is C1=CC2CCCC(N(C3=CC=CC4C3C3CCCCC3C43C4=C(C=CC(N(c5ccccc5)C5CCC6=C(C5)c5ccccc5CC6)C4)c4ccccc43)C3C=CCCC3)C2C=C1. The Morgan fingerprint density at radius 1 is 0.603 bits per heavy atom. The summed E-state index contributed by atoms with van der Waals surface area (Å²) in [4.78, 5) is 6.03. The van der Waals surface area contributed by atoms with E-state index in [1.54, 1.807) is 39.1 Å². The van der Waals surface area contributed by atoms with E-state index in [1.165, 1.54) is 107 Å². The summed E-state index contributed by atoms with van der Waals surface area (Å²) in [6.45, 7) is 0. The molecule has 320 valence electrons. The Bertz CT molecular complexity index is 2520. The van der Waals surface area contributed by atoms with Gasteiger partial charge in [0, 0.05) is 46.8 Å². The van der Waals surface area contributed by atoms with Gasteiger partial charge in [-0.2, -0.15) is 0 Å².